The van der Waals surface area contributed by atoms with Gasteiger partial charge in [0.1, 0.15) is 5.75 Å². The van der Waals surface area contributed by atoms with Crippen LogP contribution in [-0.2, 0) is 0 Å². The summed E-state index contributed by atoms with van der Waals surface area (Å²) < 4.78 is 0. The molecule has 0 spiro atoms. The third-order valence-electron chi connectivity index (χ3n) is 5.30. The summed E-state index contributed by atoms with van der Waals surface area (Å²) >= 11 is 0. The normalized spacial score (nSPS) is 12.2. The molecule has 0 fully saturated rings. The van der Waals surface area contributed by atoms with Gasteiger partial charge in [-0.2, -0.15) is 0 Å². The fraction of sp³-hybridized carbons (Fsp3) is 0.750. The van der Waals surface area contributed by atoms with E-state index in [9.17, 15) is 10.2 Å². The second-order valence-electron chi connectivity index (χ2n) is 7.97. The Bertz CT molecular complexity index is 433. The van der Waals surface area contributed by atoms with E-state index in [0.717, 1.165) is 18.5 Å². The zero-order valence-corrected chi connectivity index (χ0v) is 17.6. The van der Waals surface area contributed by atoms with Crippen LogP contribution < -0.4 is 5.32 Å². The van der Waals surface area contributed by atoms with Crippen LogP contribution in [0.4, 0.5) is 5.69 Å². The number of anilines is 1. The molecule has 0 heterocycles. The Hall–Kier alpha value is -1.22. The largest absolute Gasteiger partial charge is 0.508 e. The van der Waals surface area contributed by atoms with Crippen molar-refractivity contribution in [3.8, 4) is 5.75 Å². The molecule has 27 heavy (non-hydrogen) atoms. The SMILES string of the molecule is CCCCCCCCCCCCCCCCC(O)CNc1ccc(O)cc1. The maximum atomic E-state index is 10.0. The number of unbranched alkanes of at least 4 members (excludes halogenated alkanes) is 13. The maximum absolute atomic E-state index is 10.0. The van der Waals surface area contributed by atoms with Crippen LogP contribution in [-0.4, -0.2) is 22.9 Å². The van der Waals surface area contributed by atoms with Gasteiger partial charge in [-0.15, -0.1) is 0 Å². The standard InChI is InChI=1S/C24H43NO2/c1-2-3-4-5-6-7-8-9-10-11-12-13-14-15-16-24(27)21-25-22-17-19-23(26)20-18-22/h17-20,24-27H,2-16,21H2,1H3. The highest BCUT2D eigenvalue weighted by Crippen LogP contribution is 2.15. The molecule has 0 radical (unpaired) electrons. The number of aliphatic hydroxyl groups excluding tert-OH is 1. The topological polar surface area (TPSA) is 52.5 Å². The Labute approximate surface area is 167 Å². The van der Waals surface area contributed by atoms with E-state index in [1.54, 1.807) is 12.1 Å². The van der Waals surface area contributed by atoms with E-state index in [-0.39, 0.29) is 11.9 Å². The molecule has 0 bridgehead atoms. The van der Waals surface area contributed by atoms with E-state index in [1.165, 1.54) is 83.5 Å². The van der Waals surface area contributed by atoms with Crippen LogP contribution in [0.5, 0.6) is 5.75 Å². The lowest BCUT2D eigenvalue weighted by molar-refractivity contribution is 0.173. The zero-order valence-electron chi connectivity index (χ0n) is 17.6. The number of hydrogen-bond acceptors (Lipinski definition) is 3. The Balaban J connectivity index is 1.81. The van der Waals surface area contributed by atoms with Crippen LogP contribution in [0.2, 0.25) is 0 Å². The number of rotatable bonds is 18. The molecule has 0 aromatic heterocycles. The van der Waals surface area contributed by atoms with Crippen molar-refractivity contribution >= 4 is 5.69 Å². The van der Waals surface area contributed by atoms with E-state index in [4.69, 9.17) is 0 Å². The molecule has 0 amide bonds. The molecule has 3 heteroatoms. The molecule has 156 valence electrons. The van der Waals surface area contributed by atoms with Gasteiger partial charge >= 0.3 is 0 Å². The summed E-state index contributed by atoms with van der Waals surface area (Å²) in [4.78, 5) is 0. The van der Waals surface area contributed by atoms with Crippen molar-refractivity contribution in [3.05, 3.63) is 24.3 Å². The highest BCUT2D eigenvalue weighted by atomic mass is 16.3. The third-order valence-corrected chi connectivity index (χ3v) is 5.30. The molecule has 1 aromatic carbocycles. The fourth-order valence-electron chi connectivity index (χ4n) is 3.49. The first kappa shape index (κ1) is 23.8. The van der Waals surface area contributed by atoms with Gasteiger partial charge in [-0.25, -0.2) is 0 Å². The minimum Gasteiger partial charge on any atom is -0.508 e. The molecule has 0 saturated carbocycles. The number of phenols is 1. The highest BCUT2D eigenvalue weighted by molar-refractivity contribution is 5.45. The van der Waals surface area contributed by atoms with E-state index < -0.39 is 0 Å². The lowest BCUT2D eigenvalue weighted by atomic mass is 10.0. The fourth-order valence-corrected chi connectivity index (χ4v) is 3.49. The minimum absolute atomic E-state index is 0.267. The van der Waals surface area contributed by atoms with Crippen molar-refractivity contribution in [1.29, 1.82) is 0 Å². The van der Waals surface area contributed by atoms with Gasteiger partial charge in [-0.3, -0.25) is 0 Å². The molecule has 0 aliphatic carbocycles. The van der Waals surface area contributed by atoms with Gasteiger partial charge in [0, 0.05) is 12.2 Å². The lowest BCUT2D eigenvalue weighted by Crippen LogP contribution is -2.19. The van der Waals surface area contributed by atoms with Crippen LogP contribution in [0.15, 0.2) is 24.3 Å². The monoisotopic (exact) mass is 377 g/mol. The van der Waals surface area contributed by atoms with Gasteiger partial charge in [-0.1, -0.05) is 96.8 Å². The van der Waals surface area contributed by atoms with Crippen LogP contribution in [0.3, 0.4) is 0 Å². The number of aromatic hydroxyl groups is 1. The Morgan fingerprint density at radius 2 is 1.15 bits per heavy atom. The average Bonchev–Trinajstić information content (AvgIpc) is 2.68. The first-order valence-corrected chi connectivity index (χ1v) is 11.4. The second-order valence-corrected chi connectivity index (χ2v) is 7.97. The Morgan fingerprint density at radius 3 is 1.63 bits per heavy atom. The van der Waals surface area contributed by atoms with E-state index >= 15 is 0 Å². The van der Waals surface area contributed by atoms with Gasteiger partial charge in [0.2, 0.25) is 0 Å². The summed E-state index contributed by atoms with van der Waals surface area (Å²) in [5.74, 6) is 0.267. The Morgan fingerprint density at radius 1 is 0.704 bits per heavy atom. The quantitative estimate of drug-likeness (QED) is 0.190. The van der Waals surface area contributed by atoms with E-state index in [2.05, 4.69) is 12.2 Å². The number of aliphatic hydroxyl groups is 1. The molecular formula is C24H43NO2. The van der Waals surface area contributed by atoms with Crippen molar-refractivity contribution < 1.29 is 10.2 Å². The smallest absolute Gasteiger partial charge is 0.115 e. The summed E-state index contributed by atoms with van der Waals surface area (Å²) in [6.45, 7) is 2.85. The summed E-state index contributed by atoms with van der Waals surface area (Å²) in [6, 6.07) is 6.97. The van der Waals surface area contributed by atoms with Crippen molar-refractivity contribution in [2.45, 2.75) is 109 Å². The second kappa shape index (κ2) is 16.9. The molecule has 0 saturated heterocycles. The predicted molar refractivity (Wildman–Crippen MR) is 118 cm³/mol. The summed E-state index contributed by atoms with van der Waals surface area (Å²) in [5, 5.41) is 22.5. The highest BCUT2D eigenvalue weighted by Gasteiger charge is 2.04. The molecule has 1 rings (SSSR count). The summed E-state index contributed by atoms with van der Waals surface area (Å²) in [6.07, 6.45) is 19.6. The van der Waals surface area contributed by atoms with Crippen molar-refractivity contribution in [1.82, 2.24) is 0 Å². The van der Waals surface area contributed by atoms with Crippen LogP contribution in [0.1, 0.15) is 103 Å². The van der Waals surface area contributed by atoms with Crippen LogP contribution >= 0.6 is 0 Å². The number of nitrogens with one attached hydrogen (secondary N) is 1. The van der Waals surface area contributed by atoms with E-state index in [0.29, 0.717) is 6.54 Å². The van der Waals surface area contributed by atoms with Gasteiger partial charge in [0.25, 0.3) is 0 Å². The molecule has 0 aliphatic heterocycles. The van der Waals surface area contributed by atoms with Crippen molar-refractivity contribution in [2.24, 2.45) is 0 Å². The van der Waals surface area contributed by atoms with Crippen LogP contribution in [0.25, 0.3) is 0 Å². The van der Waals surface area contributed by atoms with E-state index in [1.807, 2.05) is 12.1 Å². The maximum Gasteiger partial charge on any atom is 0.115 e. The number of benzene rings is 1. The first-order chi connectivity index (χ1) is 13.2. The average molecular weight is 378 g/mol. The molecule has 3 N–H and O–H groups in total. The minimum atomic E-state index is -0.295. The molecule has 1 aromatic rings. The van der Waals surface area contributed by atoms with Gasteiger partial charge < -0.3 is 15.5 Å². The first-order valence-electron chi connectivity index (χ1n) is 11.4. The van der Waals surface area contributed by atoms with Gasteiger partial charge in [-0.05, 0) is 30.7 Å². The van der Waals surface area contributed by atoms with Gasteiger partial charge in [0.05, 0.1) is 6.10 Å². The zero-order chi connectivity index (χ0) is 19.6. The number of phenolic OH excluding ortho intramolecular Hbond substituents is 1. The third kappa shape index (κ3) is 14.5. The van der Waals surface area contributed by atoms with Crippen molar-refractivity contribution in [3.63, 3.8) is 0 Å². The molecular weight excluding hydrogens is 334 g/mol. The van der Waals surface area contributed by atoms with Crippen LogP contribution in [0, 0.1) is 0 Å². The van der Waals surface area contributed by atoms with Crippen molar-refractivity contribution in [2.75, 3.05) is 11.9 Å². The van der Waals surface area contributed by atoms with Gasteiger partial charge in [0.15, 0.2) is 0 Å². The lowest BCUT2D eigenvalue weighted by Gasteiger charge is -2.12. The molecule has 1 atom stereocenters. The molecule has 3 nitrogen and oxygen atoms in total. The summed E-state index contributed by atoms with van der Waals surface area (Å²) in [7, 11) is 0. The predicted octanol–water partition coefficient (Wildman–Crippen LogP) is 7.04. The number of hydrogen-bond donors (Lipinski definition) is 3. The molecule has 1 unspecified atom stereocenters. The Kier molecular flexibility index (Phi) is 14.9. The molecule has 0 aliphatic rings. The summed E-state index contributed by atoms with van der Waals surface area (Å²) in [5.41, 5.74) is 0.938.